The fourth-order valence-corrected chi connectivity index (χ4v) is 2.77. The molecule has 0 radical (unpaired) electrons. The monoisotopic (exact) mass is 322 g/mol. The van der Waals surface area contributed by atoms with E-state index in [1.807, 2.05) is 20.8 Å². The first kappa shape index (κ1) is 17.3. The zero-order valence-electron chi connectivity index (χ0n) is 14.5. The van der Waals surface area contributed by atoms with Crippen molar-refractivity contribution < 1.29 is 13.9 Å². The number of guanidine groups is 1. The number of rotatable bonds is 4. The molecule has 1 aliphatic rings. The summed E-state index contributed by atoms with van der Waals surface area (Å²) in [5.41, 5.74) is 0.890. The normalized spacial score (nSPS) is 21.6. The number of likely N-dealkylation sites (tertiary alicyclic amines) is 1. The molecule has 7 heteroatoms. The van der Waals surface area contributed by atoms with Gasteiger partial charge in [-0.3, -0.25) is 4.79 Å². The Hall–Kier alpha value is -2.05. The number of ether oxygens (including phenoxy) is 1. The average molecular weight is 322 g/mol. The number of nitrogens with one attached hydrogen (secondary N) is 1. The summed E-state index contributed by atoms with van der Waals surface area (Å²) >= 11 is 0. The van der Waals surface area contributed by atoms with Crippen LogP contribution in [0.2, 0.25) is 0 Å². The molecule has 1 aliphatic heterocycles. The van der Waals surface area contributed by atoms with Gasteiger partial charge in [-0.15, -0.1) is 0 Å². The van der Waals surface area contributed by atoms with E-state index in [0.29, 0.717) is 19.0 Å². The van der Waals surface area contributed by atoms with Crippen molar-refractivity contribution in [1.29, 1.82) is 0 Å². The third-order valence-corrected chi connectivity index (χ3v) is 4.19. The van der Waals surface area contributed by atoms with Crippen LogP contribution in [0.25, 0.3) is 0 Å². The Kier molecular flexibility index (Phi) is 5.63. The first-order valence-corrected chi connectivity index (χ1v) is 8.00. The molecule has 23 heavy (non-hydrogen) atoms. The van der Waals surface area contributed by atoms with E-state index >= 15 is 0 Å². The van der Waals surface area contributed by atoms with E-state index in [2.05, 4.69) is 27.1 Å². The molecule has 1 fully saturated rings. The molecule has 0 aliphatic carbocycles. The highest BCUT2D eigenvalue weighted by Crippen LogP contribution is 2.24. The highest BCUT2D eigenvalue weighted by molar-refractivity contribution is 5.82. The average Bonchev–Trinajstić information content (AvgIpc) is 3.06. The number of aryl methyl sites for hydroxylation is 2. The lowest BCUT2D eigenvalue weighted by Crippen LogP contribution is -2.40. The van der Waals surface area contributed by atoms with Gasteiger partial charge in [0.2, 0.25) is 5.89 Å². The number of hydrogen-bond acceptors (Lipinski definition) is 5. The van der Waals surface area contributed by atoms with E-state index in [0.717, 1.165) is 30.5 Å². The quantitative estimate of drug-likeness (QED) is 0.514. The number of methoxy groups -OCH3 is 1. The van der Waals surface area contributed by atoms with Gasteiger partial charge < -0.3 is 19.4 Å². The summed E-state index contributed by atoms with van der Waals surface area (Å²) in [6.45, 7) is 10.4. The van der Waals surface area contributed by atoms with Crippen LogP contribution >= 0.6 is 0 Å². The van der Waals surface area contributed by atoms with Crippen LogP contribution in [-0.4, -0.2) is 48.6 Å². The molecule has 1 N–H and O–H groups in total. The molecule has 128 valence electrons. The second-order valence-corrected chi connectivity index (χ2v) is 5.93. The van der Waals surface area contributed by atoms with Crippen LogP contribution in [0.5, 0.6) is 0 Å². The third-order valence-electron chi connectivity index (χ3n) is 4.19. The van der Waals surface area contributed by atoms with Gasteiger partial charge in [-0.2, -0.15) is 0 Å². The van der Waals surface area contributed by atoms with Crippen molar-refractivity contribution in [2.24, 2.45) is 16.8 Å². The van der Waals surface area contributed by atoms with Crippen molar-refractivity contribution in [3.05, 3.63) is 17.3 Å². The first-order valence-electron chi connectivity index (χ1n) is 8.00. The van der Waals surface area contributed by atoms with Crippen LogP contribution in [0.3, 0.4) is 0 Å². The molecule has 2 rings (SSSR count). The van der Waals surface area contributed by atoms with Crippen LogP contribution in [0.15, 0.2) is 9.41 Å². The van der Waals surface area contributed by atoms with Crippen LogP contribution in [0.1, 0.15) is 31.2 Å². The van der Waals surface area contributed by atoms with E-state index in [9.17, 15) is 4.79 Å². The summed E-state index contributed by atoms with van der Waals surface area (Å²) in [6, 6.07) is 0. The molecule has 0 spiro atoms. The van der Waals surface area contributed by atoms with Crippen molar-refractivity contribution in [2.45, 2.75) is 34.2 Å². The second kappa shape index (κ2) is 7.48. The number of carbonyl (C=O) groups excluding carboxylic acids is 1. The fourth-order valence-electron chi connectivity index (χ4n) is 2.77. The molecule has 1 aromatic heterocycles. The number of carbonyl (C=O) groups is 1. The summed E-state index contributed by atoms with van der Waals surface area (Å²) in [6.07, 6.45) is 0. The van der Waals surface area contributed by atoms with Crippen LogP contribution in [0, 0.1) is 25.7 Å². The molecule has 0 saturated carbocycles. The highest BCUT2D eigenvalue weighted by Gasteiger charge is 2.36. The number of nitrogens with zero attached hydrogens (tertiary/aromatic N) is 3. The second-order valence-electron chi connectivity index (χ2n) is 5.93. The number of hydrogen-bond donors (Lipinski definition) is 1. The van der Waals surface area contributed by atoms with Crippen molar-refractivity contribution >= 4 is 11.9 Å². The van der Waals surface area contributed by atoms with Crippen molar-refractivity contribution in [2.75, 3.05) is 26.7 Å². The smallest absolute Gasteiger partial charge is 0.310 e. The summed E-state index contributed by atoms with van der Waals surface area (Å²) in [4.78, 5) is 22.9. The number of oxazole rings is 1. The van der Waals surface area contributed by atoms with Gasteiger partial charge in [-0.05, 0) is 26.7 Å². The topological polar surface area (TPSA) is 80.0 Å². The minimum Gasteiger partial charge on any atom is -0.469 e. The van der Waals surface area contributed by atoms with E-state index < -0.39 is 0 Å². The Balaban J connectivity index is 2.08. The van der Waals surface area contributed by atoms with Crippen molar-refractivity contribution in [1.82, 2.24) is 15.2 Å². The van der Waals surface area contributed by atoms with Gasteiger partial charge in [-0.25, -0.2) is 9.98 Å². The number of esters is 1. The molecule has 0 aromatic carbocycles. The largest absolute Gasteiger partial charge is 0.469 e. The van der Waals surface area contributed by atoms with E-state index in [1.165, 1.54) is 7.11 Å². The fraction of sp³-hybridized carbons (Fsp3) is 0.688. The Morgan fingerprint density at radius 1 is 1.48 bits per heavy atom. The molecular formula is C16H26N4O3. The standard InChI is InChI=1S/C16H26N4O3/c1-6-17-16(18-7-14-19-11(3)12(4)23-14)20-8-10(2)13(9-20)15(21)22-5/h10,13H,6-9H2,1-5H3,(H,17,18). The Morgan fingerprint density at radius 3 is 2.78 bits per heavy atom. The zero-order chi connectivity index (χ0) is 17.0. The molecule has 1 aromatic rings. The predicted molar refractivity (Wildman–Crippen MR) is 87.0 cm³/mol. The van der Waals surface area contributed by atoms with Gasteiger partial charge >= 0.3 is 5.97 Å². The molecular weight excluding hydrogens is 296 g/mol. The van der Waals surface area contributed by atoms with Crippen LogP contribution in [0.4, 0.5) is 0 Å². The molecule has 1 saturated heterocycles. The lowest BCUT2D eigenvalue weighted by molar-refractivity contribution is -0.145. The van der Waals surface area contributed by atoms with Gasteiger partial charge in [0.1, 0.15) is 12.3 Å². The van der Waals surface area contributed by atoms with E-state index in [-0.39, 0.29) is 17.8 Å². The predicted octanol–water partition coefficient (Wildman–Crippen LogP) is 1.50. The van der Waals surface area contributed by atoms with E-state index in [1.54, 1.807) is 0 Å². The highest BCUT2D eigenvalue weighted by atomic mass is 16.5. The van der Waals surface area contributed by atoms with E-state index in [4.69, 9.17) is 9.15 Å². The summed E-state index contributed by atoms with van der Waals surface area (Å²) in [7, 11) is 1.43. The van der Waals surface area contributed by atoms with Crippen LogP contribution in [-0.2, 0) is 16.1 Å². The molecule has 2 heterocycles. The minimum absolute atomic E-state index is 0.116. The molecule has 0 amide bonds. The Morgan fingerprint density at radius 2 is 2.22 bits per heavy atom. The molecule has 2 atom stereocenters. The number of aliphatic imine (C=N–C) groups is 1. The van der Waals surface area contributed by atoms with Gasteiger partial charge in [-0.1, -0.05) is 6.92 Å². The summed E-state index contributed by atoms with van der Waals surface area (Å²) in [5.74, 6) is 2.16. The first-order chi connectivity index (χ1) is 11.0. The Bertz CT molecular complexity index is 562. The van der Waals surface area contributed by atoms with Crippen molar-refractivity contribution in [3.8, 4) is 0 Å². The Labute approximate surface area is 137 Å². The molecule has 7 nitrogen and oxygen atoms in total. The maximum absolute atomic E-state index is 11.8. The minimum atomic E-state index is -0.158. The summed E-state index contributed by atoms with van der Waals surface area (Å²) in [5, 5.41) is 3.27. The van der Waals surface area contributed by atoms with Crippen LogP contribution < -0.4 is 5.32 Å². The van der Waals surface area contributed by atoms with Gasteiger partial charge in [0.25, 0.3) is 0 Å². The molecule has 2 unspecified atom stereocenters. The van der Waals surface area contributed by atoms with Gasteiger partial charge in [0, 0.05) is 19.6 Å². The lowest BCUT2D eigenvalue weighted by atomic mass is 9.99. The molecule has 0 bridgehead atoms. The third kappa shape index (κ3) is 4.03. The lowest BCUT2D eigenvalue weighted by Gasteiger charge is -2.21. The number of aromatic nitrogens is 1. The maximum Gasteiger partial charge on any atom is 0.310 e. The maximum atomic E-state index is 11.8. The SMILES string of the molecule is CCNC(=NCc1nc(C)c(C)o1)N1CC(C)C(C(=O)OC)C1. The zero-order valence-corrected chi connectivity index (χ0v) is 14.5. The van der Waals surface area contributed by atoms with Gasteiger partial charge in [0.05, 0.1) is 18.7 Å². The summed E-state index contributed by atoms with van der Waals surface area (Å²) < 4.78 is 10.5. The van der Waals surface area contributed by atoms with Gasteiger partial charge in [0.15, 0.2) is 5.96 Å². The van der Waals surface area contributed by atoms with Crippen molar-refractivity contribution in [3.63, 3.8) is 0 Å².